The van der Waals surface area contributed by atoms with E-state index in [0.29, 0.717) is 6.42 Å². The molecule has 0 N–H and O–H groups in total. The van der Waals surface area contributed by atoms with E-state index in [1.807, 2.05) is 49.6 Å². The summed E-state index contributed by atoms with van der Waals surface area (Å²) in [5.74, 6) is 0.163. The van der Waals surface area contributed by atoms with Gasteiger partial charge in [0.05, 0.1) is 0 Å². The molecule has 0 aliphatic heterocycles. The van der Waals surface area contributed by atoms with Gasteiger partial charge in [0.2, 0.25) is 0 Å². The van der Waals surface area contributed by atoms with E-state index in [9.17, 15) is 4.79 Å². The number of hydrogen-bond acceptors (Lipinski definition) is 3. The van der Waals surface area contributed by atoms with Crippen molar-refractivity contribution in [1.82, 2.24) is 9.88 Å². The average Bonchev–Trinajstić information content (AvgIpc) is 2.46. The van der Waals surface area contributed by atoms with Gasteiger partial charge in [-0.1, -0.05) is 40.2 Å². The number of benzene rings is 1. The fourth-order valence-corrected chi connectivity index (χ4v) is 2.50. The van der Waals surface area contributed by atoms with Gasteiger partial charge in [0, 0.05) is 41.9 Å². The molecule has 2 rings (SSSR count). The Balaban J connectivity index is 1.86. The van der Waals surface area contributed by atoms with Crippen LogP contribution < -0.4 is 0 Å². The zero-order valence-electron chi connectivity index (χ0n) is 11.4. The molecule has 0 aliphatic carbocycles. The fourth-order valence-electron chi connectivity index (χ4n) is 2.00. The molecular formula is C16H17BrN2O. The van der Waals surface area contributed by atoms with E-state index in [0.717, 1.165) is 28.7 Å². The summed E-state index contributed by atoms with van der Waals surface area (Å²) in [5.41, 5.74) is 1.91. The molecule has 0 saturated heterocycles. The lowest BCUT2D eigenvalue weighted by Gasteiger charge is -2.16. The first-order valence-electron chi connectivity index (χ1n) is 6.52. The van der Waals surface area contributed by atoms with Crippen LogP contribution in [0.3, 0.4) is 0 Å². The SMILES string of the molecule is CN(CCC(=O)c1ccccc1Br)Cc1cccnc1. The van der Waals surface area contributed by atoms with Gasteiger partial charge >= 0.3 is 0 Å². The molecule has 1 heterocycles. The zero-order chi connectivity index (χ0) is 14.4. The van der Waals surface area contributed by atoms with E-state index in [1.165, 1.54) is 0 Å². The van der Waals surface area contributed by atoms with Gasteiger partial charge in [-0.15, -0.1) is 0 Å². The van der Waals surface area contributed by atoms with E-state index in [4.69, 9.17) is 0 Å². The van der Waals surface area contributed by atoms with Crippen molar-refractivity contribution in [3.63, 3.8) is 0 Å². The monoisotopic (exact) mass is 332 g/mol. The molecule has 20 heavy (non-hydrogen) atoms. The summed E-state index contributed by atoms with van der Waals surface area (Å²) in [7, 11) is 2.01. The molecule has 0 fully saturated rings. The maximum absolute atomic E-state index is 12.2. The number of hydrogen-bond donors (Lipinski definition) is 0. The number of carbonyl (C=O) groups is 1. The minimum absolute atomic E-state index is 0.163. The first kappa shape index (κ1) is 14.9. The Labute approximate surface area is 127 Å². The van der Waals surface area contributed by atoms with Crippen molar-refractivity contribution in [1.29, 1.82) is 0 Å². The van der Waals surface area contributed by atoms with Gasteiger partial charge in [-0.25, -0.2) is 0 Å². The third-order valence-electron chi connectivity index (χ3n) is 3.07. The van der Waals surface area contributed by atoms with Crippen molar-refractivity contribution < 1.29 is 4.79 Å². The van der Waals surface area contributed by atoms with Gasteiger partial charge in [0.25, 0.3) is 0 Å². The number of halogens is 1. The van der Waals surface area contributed by atoms with Crippen LogP contribution in [-0.4, -0.2) is 29.3 Å². The summed E-state index contributed by atoms with van der Waals surface area (Å²) in [6.07, 6.45) is 4.13. The molecule has 0 radical (unpaired) electrons. The zero-order valence-corrected chi connectivity index (χ0v) is 13.0. The average molecular weight is 333 g/mol. The molecule has 1 aromatic heterocycles. The minimum Gasteiger partial charge on any atom is -0.302 e. The third kappa shape index (κ3) is 4.25. The van der Waals surface area contributed by atoms with Crippen LogP contribution in [-0.2, 0) is 6.54 Å². The van der Waals surface area contributed by atoms with Crippen LogP contribution in [0, 0.1) is 0 Å². The second kappa shape index (κ2) is 7.31. The Bertz CT molecular complexity index is 572. The fraction of sp³-hybridized carbons (Fsp3) is 0.250. The van der Waals surface area contributed by atoms with Crippen LogP contribution >= 0.6 is 15.9 Å². The predicted octanol–water partition coefficient (Wildman–Crippen LogP) is 3.55. The summed E-state index contributed by atoms with van der Waals surface area (Å²) >= 11 is 3.41. The lowest BCUT2D eigenvalue weighted by Crippen LogP contribution is -2.21. The second-order valence-corrected chi connectivity index (χ2v) is 5.61. The largest absolute Gasteiger partial charge is 0.302 e. The van der Waals surface area contributed by atoms with Crippen LogP contribution in [0.5, 0.6) is 0 Å². The van der Waals surface area contributed by atoms with Crippen LogP contribution in [0.4, 0.5) is 0 Å². The highest BCUT2D eigenvalue weighted by molar-refractivity contribution is 9.10. The molecule has 2 aromatic rings. The molecule has 0 unspecified atom stereocenters. The lowest BCUT2D eigenvalue weighted by molar-refractivity contribution is 0.0967. The van der Waals surface area contributed by atoms with E-state index < -0.39 is 0 Å². The first-order chi connectivity index (χ1) is 9.66. The van der Waals surface area contributed by atoms with Gasteiger partial charge < -0.3 is 4.90 Å². The molecule has 0 atom stereocenters. The predicted molar refractivity (Wildman–Crippen MR) is 83.7 cm³/mol. The molecule has 0 spiro atoms. The number of aromatic nitrogens is 1. The van der Waals surface area contributed by atoms with Crippen LogP contribution in [0.15, 0.2) is 53.3 Å². The van der Waals surface area contributed by atoms with E-state index in [1.54, 1.807) is 6.20 Å². The van der Waals surface area contributed by atoms with Crippen molar-refractivity contribution in [2.75, 3.05) is 13.6 Å². The van der Waals surface area contributed by atoms with Crippen molar-refractivity contribution >= 4 is 21.7 Å². The quantitative estimate of drug-likeness (QED) is 0.758. The molecule has 0 saturated carbocycles. The molecule has 0 amide bonds. The molecule has 1 aromatic carbocycles. The smallest absolute Gasteiger partial charge is 0.165 e. The highest BCUT2D eigenvalue weighted by Crippen LogP contribution is 2.17. The third-order valence-corrected chi connectivity index (χ3v) is 3.76. The standard InChI is InChI=1S/C16H17BrN2O/c1-19(12-13-5-4-9-18-11-13)10-8-16(20)14-6-2-3-7-15(14)17/h2-7,9,11H,8,10,12H2,1H3. The van der Waals surface area contributed by atoms with Gasteiger partial charge in [-0.2, -0.15) is 0 Å². The first-order valence-corrected chi connectivity index (χ1v) is 7.31. The Hall–Kier alpha value is -1.52. The summed E-state index contributed by atoms with van der Waals surface area (Å²) < 4.78 is 0.861. The van der Waals surface area contributed by atoms with Crippen LogP contribution in [0.1, 0.15) is 22.3 Å². The summed E-state index contributed by atoms with van der Waals surface area (Å²) in [6.45, 7) is 1.53. The number of ketones is 1. The van der Waals surface area contributed by atoms with Crippen LogP contribution in [0.2, 0.25) is 0 Å². The number of pyridine rings is 1. The normalized spacial score (nSPS) is 10.8. The van der Waals surface area contributed by atoms with E-state index in [-0.39, 0.29) is 5.78 Å². The molecule has 0 aliphatic rings. The number of Topliss-reactive ketones (excluding diaryl/α,β-unsaturated/α-hetero) is 1. The van der Waals surface area contributed by atoms with Gasteiger partial charge in [-0.05, 0) is 24.7 Å². The number of nitrogens with zero attached hydrogens (tertiary/aromatic N) is 2. The van der Waals surface area contributed by atoms with E-state index >= 15 is 0 Å². The van der Waals surface area contributed by atoms with Crippen molar-refractivity contribution in [2.45, 2.75) is 13.0 Å². The lowest BCUT2D eigenvalue weighted by atomic mass is 10.1. The van der Waals surface area contributed by atoms with Crippen molar-refractivity contribution in [2.24, 2.45) is 0 Å². The Morgan fingerprint density at radius 1 is 1.25 bits per heavy atom. The van der Waals surface area contributed by atoms with Gasteiger partial charge in [0.15, 0.2) is 5.78 Å². The Morgan fingerprint density at radius 2 is 2.05 bits per heavy atom. The highest BCUT2D eigenvalue weighted by Gasteiger charge is 2.10. The Morgan fingerprint density at radius 3 is 2.75 bits per heavy atom. The topological polar surface area (TPSA) is 33.2 Å². The van der Waals surface area contributed by atoms with Crippen molar-refractivity contribution in [3.05, 3.63) is 64.4 Å². The van der Waals surface area contributed by atoms with Gasteiger partial charge in [0.1, 0.15) is 0 Å². The molecule has 3 nitrogen and oxygen atoms in total. The van der Waals surface area contributed by atoms with Gasteiger partial charge in [-0.3, -0.25) is 9.78 Å². The second-order valence-electron chi connectivity index (χ2n) is 4.75. The van der Waals surface area contributed by atoms with E-state index in [2.05, 4.69) is 25.8 Å². The van der Waals surface area contributed by atoms with Crippen molar-refractivity contribution in [3.8, 4) is 0 Å². The summed E-state index contributed by atoms with van der Waals surface area (Å²) in [5, 5.41) is 0. The van der Waals surface area contributed by atoms with Crippen LogP contribution in [0.25, 0.3) is 0 Å². The molecular weight excluding hydrogens is 316 g/mol. The molecule has 104 valence electrons. The highest BCUT2D eigenvalue weighted by atomic mass is 79.9. The maximum atomic E-state index is 12.2. The number of carbonyl (C=O) groups excluding carboxylic acids is 1. The Kier molecular flexibility index (Phi) is 5.44. The molecule has 0 bridgehead atoms. The minimum atomic E-state index is 0.163. The molecule has 4 heteroatoms. The number of rotatable bonds is 6. The maximum Gasteiger partial charge on any atom is 0.165 e. The summed E-state index contributed by atoms with van der Waals surface area (Å²) in [4.78, 5) is 18.4. The summed E-state index contributed by atoms with van der Waals surface area (Å²) in [6, 6.07) is 11.5.